The summed E-state index contributed by atoms with van der Waals surface area (Å²) in [6, 6.07) is 5.16. The lowest BCUT2D eigenvalue weighted by atomic mass is 10.1. The number of carboxylic acids is 1. The van der Waals surface area contributed by atoms with Gasteiger partial charge in [0.05, 0.1) is 6.42 Å². The van der Waals surface area contributed by atoms with Crippen LogP contribution in [0.1, 0.15) is 18.9 Å². The molecule has 4 nitrogen and oxygen atoms in total. The topological polar surface area (TPSA) is 66.4 Å². The summed E-state index contributed by atoms with van der Waals surface area (Å²) in [5.74, 6) is -1.89. The van der Waals surface area contributed by atoms with Gasteiger partial charge >= 0.3 is 5.97 Å². The fourth-order valence-corrected chi connectivity index (χ4v) is 1.51. The first-order valence-corrected chi connectivity index (χ1v) is 5.56. The Labute approximate surface area is 105 Å². The smallest absolute Gasteiger partial charge is 0.304 e. The normalized spacial score (nSPS) is 11.9. The predicted molar refractivity (Wildman–Crippen MR) is 66.2 cm³/mol. The lowest BCUT2D eigenvalue weighted by Gasteiger charge is -2.12. The van der Waals surface area contributed by atoms with Crippen molar-refractivity contribution in [1.82, 2.24) is 0 Å². The van der Waals surface area contributed by atoms with Gasteiger partial charge in [0.2, 0.25) is 5.91 Å². The summed E-state index contributed by atoms with van der Waals surface area (Å²) in [5.41, 5.74) is 1.49. The highest BCUT2D eigenvalue weighted by molar-refractivity contribution is 6.31. The first-order valence-electron chi connectivity index (χ1n) is 5.19. The van der Waals surface area contributed by atoms with Crippen molar-refractivity contribution in [3.63, 3.8) is 0 Å². The van der Waals surface area contributed by atoms with Gasteiger partial charge < -0.3 is 10.4 Å². The number of aryl methyl sites for hydroxylation is 1. The fourth-order valence-electron chi connectivity index (χ4n) is 1.34. The Hall–Kier alpha value is -1.55. The van der Waals surface area contributed by atoms with Crippen LogP contribution in [0, 0.1) is 12.8 Å². The number of carbonyl (C=O) groups excluding carboxylic acids is 1. The lowest BCUT2D eigenvalue weighted by Crippen LogP contribution is -2.23. The molecule has 1 atom stereocenters. The Morgan fingerprint density at radius 2 is 2.12 bits per heavy atom. The van der Waals surface area contributed by atoms with E-state index in [0.29, 0.717) is 10.7 Å². The van der Waals surface area contributed by atoms with Crippen LogP contribution >= 0.6 is 11.6 Å². The number of benzene rings is 1. The van der Waals surface area contributed by atoms with E-state index >= 15 is 0 Å². The number of carboxylic acid groups (broad SMARTS) is 1. The molecule has 5 heteroatoms. The van der Waals surface area contributed by atoms with Crippen LogP contribution in [0.25, 0.3) is 0 Å². The summed E-state index contributed by atoms with van der Waals surface area (Å²) >= 11 is 5.82. The molecule has 0 saturated heterocycles. The van der Waals surface area contributed by atoms with Gasteiger partial charge in [0, 0.05) is 16.6 Å². The van der Waals surface area contributed by atoms with E-state index in [2.05, 4.69) is 5.32 Å². The molecule has 0 bridgehead atoms. The minimum atomic E-state index is -0.990. The minimum Gasteiger partial charge on any atom is -0.481 e. The number of amides is 1. The lowest BCUT2D eigenvalue weighted by molar-refractivity contribution is -0.139. The Balaban J connectivity index is 2.73. The van der Waals surface area contributed by atoms with Crippen molar-refractivity contribution >= 4 is 29.2 Å². The molecule has 0 spiro atoms. The van der Waals surface area contributed by atoms with Crippen LogP contribution in [0.3, 0.4) is 0 Å². The summed E-state index contributed by atoms with van der Waals surface area (Å²) < 4.78 is 0. The highest BCUT2D eigenvalue weighted by atomic mass is 35.5. The molecule has 0 aliphatic heterocycles. The van der Waals surface area contributed by atoms with Crippen molar-refractivity contribution in [2.75, 3.05) is 5.32 Å². The monoisotopic (exact) mass is 255 g/mol. The van der Waals surface area contributed by atoms with Gasteiger partial charge in [-0.25, -0.2) is 0 Å². The molecule has 17 heavy (non-hydrogen) atoms. The molecular weight excluding hydrogens is 242 g/mol. The molecule has 0 aromatic heterocycles. The summed E-state index contributed by atoms with van der Waals surface area (Å²) in [5, 5.41) is 11.8. The fraction of sp³-hybridized carbons (Fsp3) is 0.333. The van der Waals surface area contributed by atoms with E-state index in [1.165, 1.54) is 0 Å². The van der Waals surface area contributed by atoms with Gasteiger partial charge in [0.15, 0.2) is 0 Å². The van der Waals surface area contributed by atoms with E-state index in [1.807, 2.05) is 6.92 Å². The van der Waals surface area contributed by atoms with E-state index < -0.39 is 11.9 Å². The van der Waals surface area contributed by atoms with Gasteiger partial charge in [-0.05, 0) is 24.6 Å². The second-order valence-electron chi connectivity index (χ2n) is 3.95. The molecule has 0 aliphatic rings. The van der Waals surface area contributed by atoms with Crippen molar-refractivity contribution < 1.29 is 14.7 Å². The number of rotatable bonds is 4. The number of hydrogen-bond donors (Lipinski definition) is 2. The average Bonchev–Trinajstić information content (AvgIpc) is 2.22. The Bertz CT molecular complexity index is 445. The van der Waals surface area contributed by atoms with E-state index in [-0.39, 0.29) is 12.3 Å². The van der Waals surface area contributed by atoms with Crippen molar-refractivity contribution in [2.45, 2.75) is 20.3 Å². The molecule has 0 aliphatic carbocycles. The second kappa shape index (κ2) is 5.68. The van der Waals surface area contributed by atoms with E-state index in [1.54, 1.807) is 25.1 Å². The molecule has 0 saturated carbocycles. The third-order valence-corrected chi connectivity index (χ3v) is 2.62. The molecule has 0 radical (unpaired) electrons. The molecule has 1 rings (SSSR count). The molecule has 1 aromatic carbocycles. The molecule has 2 N–H and O–H groups in total. The highest BCUT2D eigenvalue weighted by Crippen LogP contribution is 2.21. The summed E-state index contributed by atoms with van der Waals surface area (Å²) in [7, 11) is 0. The van der Waals surface area contributed by atoms with Crippen molar-refractivity contribution in [2.24, 2.45) is 5.92 Å². The Morgan fingerprint density at radius 1 is 1.47 bits per heavy atom. The third kappa shape index (κ3) is 4.07. The van der Waals surface area contributed by atoms with Gasteiger partial charge in [-0.15, -0.1) is 0 Å². The van der Waals surface area contributed by atoms with Gasteiger partial charge in [-0.3, -0.25) is 9.59 Å². The van der Waals surface area contributed by atoms with Crippen LogP contribution in [0.4, 0.5) is 5.69 Å². The van der Waals surface area contributed by atoms with Crippen LogP contribution in [0.2, 0.25) is 5.02 Å². The van der Waals surface area contributed by atoms with Crippen LogP contribution < -0.4 is 5.32 Å². The minimum absolute atomic E-state index is 0.189. The van der Waals surface area contributed by atoms with E-state index in [9.17, 15) is 9.59 Å². The van der Waals surface area contributed by atoms with Crippen LogP contribution in [0.15, 0.2) is 18.2 Å². The van der Waals surface area contributed by atoms with Gasteiger partial charge in [0.1, 0.15) is 0 Å². The molecule has 0 heterocycles. The molecular formula is C12H14ClNO3. The van der Waals surface area contributed by atoms with E-state index in [0.717, 1.165) is 5.56 Å². The Kier molecular flexibility index (Phi) is 4.52. The summed E-state index contributed by atoms with van der Waals surface area (Å²) in [6.45, 7) is 3.41. The standard InChI is InChI=1S/C12H14ClNO3/c1-7-3-4-9(13)6-10(7)14-12(17)8(2)5-11(15)16/h3-4,6,8H,5H2,1-2H3,(H,14,17)(H,15,16). The largest absolute Gasteiger partial charge is 0.481 e. The van der Waals surface area contributed by atoms with E-state index in [4.69, 9.17) is 16.7 Å². The second-order valence-corrected chi connectivity index (χ2v) is 4.38. The molecule has 1 amide bonds. The molecule has 1 aromatic rings. The highest BCUT2D eigenvalue weighted by Gasteiger charge is 2.17. The molecule has 0 fully saturated rings. The third-order valence-electron chi connectivity index (χ3n) is 2.39. The maximum Gasteiger partial charge on any atom is 0.304 e. The summed E-state index contributed by atoms with van der Waals surface area (Å²) in [6.07, 6.45) is -0.189. The number of halogens is 1. The van der Waals surface area contributed by atoms with Crippen LogP contribution in [-0.2, 0) is 9.59 Å². The van der Waals surface area contributed by atoms with Crippen LogP contribution in [-0.4, -0.2) is 17.0 Å². The zero-order chi connectivity index (χ0) is 13.0. The maximum atomic E-state index is 11.7. The summed E-state index contributed by atoms with van der Waals surface area (Å²) in [4.78, 5) is 22.2. The number of anilines is 1. The molecule has 92 valence electrons. The van der Waals surface area contributed by atoms with Gasteiger partial charge in [0.25, 0.3) is 0 Å². The maximum absolute atomic E-state index is 11.7. The molecule has 1 unspecified atom stereocenters. The quantitative estimate of drug-likeness (QED) is 0.869. The number of aliphatic carboxylic acids is 1. The van der Waals surface area contributed by atoms with Crippen molar-refractivity contribution in [3.05, 3.63) is 28.8 Å². The zero-order valence-corrected chi connectivity index (χ0v) is 10.4. The zero-order valence-electron chi connectivity index (χ0n) is 9.66. The number of carbonyl (C=O) groups is 2. The van der Waals surface area contributed by atoms with Gasteiger partial charge in [-0.2, -0.15) is 0 Å². The first kappa shape index (κ1) is 13.5. The first-order chi connectivity index (χ1) is 7.90. The van der Waals surface area contributed by atoms with Gasteiger partial charge in [-0.1, -0.05) is 24.6 Å². The van der Waals surface area contributed by atoms with Crippen molar-refractivity contribution in [1.29, 1.82) is 0 Å². The number of nitrogens with one attached hydrogen (secondary N) is 1. The Morgan fingerprint density at radius 3 is 2.71 bits per heavy atom. The predicted octanol–water partition coefficient (Wildman–Crippen LogP) is 2.70. The van der Waals surface area contributed by atoms with Crippen LogP contribution in [0.5, 0.6) is 0 Å². The SMILES string of the molecule is Cc1ccc(Cl)cc1NC(=O)C(C)CC(=O)O. The average molecular weight is 256 g/mol. The number of hydrogen-bond acceptors (Lipinski definition) is 2. The van der Waals surface area contributed by atoms with Crippen molar-refractivity contribution in [3.8, 4) is 0 Å².